The predicted molar refractivity (Wildman–Crippen MR) is 71.2 cm³/mol. The Morgan fingerprint density at radius 3 is 2.47 bits per heavy atom. The lowest BCUT2D eigenvalue weighted by atomic mass is 10.0. The Bertz CT molecular complexity index is 497. The highest BCUT2D eigenvalue weighted by Crippen LogP contribution is 2.31. The monoisotopic (exact) mass is 292 g/mol. The average molecular weight is 293 g/mol. The second-order valence-electron chi connectivity index (χ2n) is 3.70. The van der Waals surface area contributed by atoms with E-state index in [9.17, 15) is 5.11 Å². The zero-order chi connectivity index (χ0) is 12.3. The second-order valence-corrected chi connectivity index (χ2v) is 4.56. The normalized spacial score (nSPS) is 12.2. The smallest absolute Gasteiger partial charge is 0.119 e. The Labute approximate surface area is 109 Å². The predicted octanol–water partition coefficient (Wildman–Crippen LogP) is 3.54. The fourth-order valence-corrected chi connectivity index (χ4v) is 2.14. The summed E-state index contributed by atoms with van der Waals surface area (Å²) in [6.07, 6.45) is -0.652. The van der Waals surface area contributed by atoms with E-state index in [4.69, 9.17) is 4.74 Å². The Morgan fingerprint density at radius 1 is 1.12 bits per heavy atom. The van der Waals surface area contributed by atoms with Gasteiger partial charge in [-0.05, 0) is 23.8 Å². The van der Waals surface area contributed by atoms with E-state index in [-0.39, 0.29) is 0 Å². The maximum Gasteiger partial charge on any atom is 0.119 e. The molecule has 2 rings (SSSR count). The molecule has 0 aliphatic carbocycles. The van der Waals surface area contributed by atoms with Gasteiger partial charge in [0.05, 0.1) is 7.11 Å². The molecule has 2 aromatic carbocycles. The van der Waals surface area contributed by atoms with Crippen molar-refractivity contribution in [3.63, 3.8) is 0 Å². The van der Waals surface area contributed by atoms with Gasteiger partial charge in [-0.15, -0.1) is 0 Å². The standard InChI is InChI=1S/C14H13BrO2/c1-17-11-7-8-13(15)12(9-11)14(16)10-5-3-2-4-6-10/h2-9,14,16H,1H3/t14-/m0/s1. The third-order valence-electron chi connectivity index (χ3n) is 2.61. The summed E-state index contributed by atoms with van der Waals surface area (Å²) in [4.78, 5) is 0. The van der Waals surface area contributed by atoms with Crippen molar-refractivity contribution in [2.24, 2.45) is 0 Å². The lowest BCUT2D eigenvalue weighted by Crippen LogP contribution is -2.01. The molecule has 1 N–H and O–H groups in total. The molecule has 1 atom stereocenters. The van der Waals surface area contributed by atoms with E-state index in [1.54, 1.807) is 7.11 Å². The van der Waals surface area contributed by atoms with Gasteiger partial charge in [-0.3, -0.25) is 0 Å². The molecule has 0 spiro atoms. The number of ether oxygens (including phenoxy) is 1. The van der Waals surface area contributed by atoms with Crippen molar-refractivity contribution < 1.29 is 9.84 Å². The fraction of sp³-hybridized carbons (Fsp3) is 0.143. The molecule has 0 aliphatic heterocycles. The first-order valence-electron chi connectivity index (χ1n) is 5.29. The quantitative estimate of drug-likeness (QED) is 0.938. The van der Waals surface area contributed by atoms with E-state index >= 15 is 0 Å². The van der Waals surface area contributed by atoms with Crippen LogP contribution >= 0.6 is 15.9 Å². The Morgan fingerprint density at radius 2 is 1.82 bits per heavy atom. The number of hydrogen-bond donors (Lipinski definition) is 1. The van der Waals surface area contributed by atoms with Gasteiger partial charge in [0, 0.05) is 10.0 Å². The third-order valence-corrected chi connectivity index (χ3v) is 3.34. The molecule has 0 fully saturated rings. The van der Waals surface area contributed by atoms with E-state index < -0.39 is 6.10 Å². The van der Waals surface area contributed by atoms with Crippen LogP contribution in [0.3, 0.4) is 0 Å². The van der Waals surface area contributed by atoms with Crippen molar-refractivity contribution in [1.29, 1.82) is 0 Å². The molecule has 0 bridgehead atoms. The summed E-state index contributed by atoms with van der Waals surface area (Å²) in [5.41, 5.74) is 1.66. The molecule has 0 saturated carbocycles. The maximum atomic E-state index is 10.3. The van der Waals surface area contributed by atoms with E-state index in [0.717, 1.165) is 21.3 Å². The second kappa shape index (κ2) is 5.34. The minimum absolute atomic E-state index is 0.652. The molecule has 2 nitrogen and oxygen atoms in total. The van der Waals surface area contributed by atoms with Crippen LogP contribution in [0.4, 0.5) is 0 Å². The minimum atomic E-state index is -0.652. The van der Waals surface area contributed by atoms with E-state index in [1.807, 2.05) is 48.5 Å². The van der Waals surface area contributed by atoms with Crippen molar-refractivity contribution in [1.82, 2.24) is 0 Å². The molecule has 88 valence electrons. The summed E-state index contributed by atoms with van der Waals surface area (Å²) in [5, 5.41) is 10.3. The highest BCUT2D eigenvalue weighted by atomic mass is 79.9. The Hall–Kier alpha value is -1.32. The van der Waals surface area contributed by atoms with Gasteiger partial charge in [0.2, 0.25) is 0 Å². The molecule has 0 aromatic heterocycles. The van der Waals surface area contributed by atoms with Crippen molar-refractivity contribution in [2.45, 2.75) is 6.10 Å². The van der Waals surface area contributed by atoms with Gasteiger partial charge in [0.1, 0.15) is 11.9 Å². The van der Waals surface area contributed by atoms with Crippen LogP contribution < -0.4 is 4.74 Å². The Balaban J connectivity index is 2.40. The topological polar surface area (TPSA) is 29.5 Å². The van der Waals surface area contributed by atoms with Gasteiger partial charge in [0.25, 0.3) is 0 Å². The first kappa shape index (κ1) is 12.1. The average Bonchev–Trinajstić information content (AvgIpc) is 2.39. The summed E-state index contributed by atoms with van der Waals surface area (Å²) in [5.74, 6) is 0.734. The zero-order valence-corrected chi connectivity index (χ0v) is 11.0. The van der Waals surface area contributed by atoms with E-state index in [2.05, 4.69) is 15.9 Å². The fourth-order valence-electron chi connectivity index (χ4n) is 1.67. The van der Waals surface area contributed by atoms with E-state index in [1.165, 1.54) is 0 Å². The van der Waals surface area contributed by atoms with Crippen LogP contribution in [-0.2, 0) is 0 Å². The molecule has 17 heavy (non-hydrogen) atoms. The number of halogens is 1. The van der Waals surface area contributed by atoms with Crippen LogP contribution in [0, 0.1) is 0 Å². The number of aliphatic hydroxyl groups excluding tert-OH is 1. The number of rotatable bonds is 3. The van der Waals surface area contributed by atoms with Crippen LogP contribution in [0.2, 0.25) is 0 Å². The number of benzene rings is 2. The SMILES string of the molecule is COc1ccc(Br)c([C@@H](O)c2ccccc2)c1. The van der Waals surface area contributed by atoms with Gasteiger partial charge in [0.15, 0.2) is 0 Å². The summed E-state index contributed by atoms with van der Waals surface area (Å²) in [7, 11) is 1.61. The maximum absolute atomic E-state index is 10.3. The Kier molecular flexibility index (Phi) is 3.82. The van der Waals surface area contributed by atoms with Gasteiger partial charge >= 0.3 is 0 Å². The summed E-state index contributed by atoms with van der Waals surface area (Å²) < 4.78 is 6.03. The molecular weight excluding hydrogens is 280 g/mol. The van der Waals surface area contributed by atoms with Crippen LogP contribution in [0.1, 0.15) is 17.2 Å². The summed E-state index contributed by atoms with van der Waals surface area (Å²) >= 11 is 3.44. The molecular formula is C14H13BrO2. The van der Waals surface area contributed by atoms with Crippen molar-refractivity contribution in [3.8, 4) is 5.75 Å². The molecule has 0 radical (unpaired) electrons. The van der Waals surface area contributed by atoms with Gasteiger partial charge in [-0.25, -0.2) is 0 Å². The van der Waals surface area contributed by atoms with Crippen molar-refractivity contribution >= 4 is 15.9 Å². The summed E-state index contributed by atoms with van der Waals surface area (Å²) in [6, 6.07) is 15.1. The van der Waals surface area contributed by atoms with Crippen molar-refractivity contribution in [2.75, 3.05) is 7.11 Å². The van der Waals surface area contributed by atoms with Gasteiger partial charge < -0.3 is 9.84 Å². The zero-order valence-electron chi connectivity index (χ0n) is 9.43. The molecule has 0 aliphatic rings. The molecule has 0 heterocycles. The molecule has 2 aromatic rings. The summed E-state index contributed by atoms with van der Waals surface area (Å²) in [6.45, 7) is 0. The first-order valence-corrected chi connectivity index (χ1v) is 6.08. The molecule has 3 heteroatoms. The van der Waals surface area contributed by atoms with Crippen LogP contribution in [-0.4, -0.2) is 12.2 Å². The highest BCUT2D eigenvalue weighted by Gasteiger charge is 2.14. The third kappa shape index (κ3) is 2.68. The van der Waals surface area contributed by atoms with Gasteiger partial charge in [-0.1, -0.05) is 46.3 Å². The van der Waals surface area contributed by atoms with Crippen LogP contribution in [0.5, 0.6) is 5.75 Å². The highest BCUT2D eigenvalue weighted by molar-refractivity contribution is 9.10. The lowest BCUT2D eigenvalue weighted by molar-refractivity contribution is 0.219. The molecule has 0 saturated heterocycles. The largest absolute Gasteiger partial charge is 0.497 e. The molecule has 0 unspecified atom stereocenters. The van der Waals surface area contributed by atoms with Crippen molar-refractivity contribution in [3.05, 3.63) is 64.1 Å². The number of hydrogen-bond acceptors (Lipinski definition) is 2. The molecule has 0 amide bonds. The first-order chi connectivity index (χ1) is 8.22. The van der Waals surface area contributed by atoms with Gasteiger partial charge in [-0.2, -0.15) is 0 Å². The van der Waals surface area contributed by atoms with Crippen LogP contribution in [0.15, 0.2) is 53.0 Å². The van der Waals surface area contributed by atoms with E-state index in [0.29, 0.717) is 0 Å². The van der Waals surface area contributed by atoms with Crippen LogP contribution in [0.25, 0.3) is 0 Å². The lowest BCUT2D eigenvalue weighted by Gasteiger charge is -2.14. The number of aliphatic hydroxyl groups is 1. The minimum Gasteiger partial charge on any atom is -0.497 e. The number of methoxy groups -OCH3 is 1.